The largest absolute Gasteiger partial charge is 0.392 e. The van der Waals surface area contributed by atoms with Crippen LogP contribution in [0.1, 0.15) is 51.5 Å². The predicted molar refractivity (Wildman–Crippen MR) is 74.2 cm³/mol. The molecule has 0 saturated carbocycles. The summed E-state index contributed by atoms with van der Waals surface area (Å²) in [5.41, 5.74) is 2.08. The molecule has 1 atom stereocenters. The first-order chi connectivity index (χ1) is 8.26. The van der Waals surface area contributed by atoms with Crippen LogP contribution in [-0.4, -0.2) is 11.1 Å². The maximum atomic E-state index is 9.07. The van der Waals surface area contributed by atoms with Gasteiger partial charge in [0.15, 0.2) is 0 Å². The minimum atomic E-state index is 0.112. The summed E-state index contributed by atoms with van der Waals surface area (Å²) >= 11 is 0. The van der Waals surface area contributed by atoms with Crippen molar-refractivity contribution in [3.8, 4) is 0 Å². The second kappa shape index (κ2) is 8.13. The molecule has 0 fully saturated rings. The molecule has 96 valence electrons. The highest BCUT2D eigenvalue weighted by Crippen LogP contribution is 2.14. The molecule has 2 nitrogen and oxygen atoms in total. The zero-order valence-electron chi connectivity index (χ0n) is 11.1. The van der Waals surface area contributed by atoms with Crippen LogP contribution in [0, 0.1) is 0 Å². The molecule has 0 aromatic heterocycles. The first-order valence-electron chi connectivity index (χ1n) is 6.72. The Morgan fingerprint density at radius 1 is 1.24 bits per heavy atom. The topological polar surface area (TPSA) is 32.3 Å². The zero-order chi connectivity index (χ0) is 12.5. The van der Waals surface area contributed by atoms with Gasteiger partial charge >= 0.3 is 0 Å². The molecule has 0 saturated heterocycles. The van der Waals surface area contributed by atoms with Crippen molar-refractivity contribution >= 4 is 5.69 Å². The van der Waals surface area contributed by atoms with Crippen LogP contribution in [0.25, 0.3) is 0 Å². The highest BCUT2D eigenvalue weighted by Gasteiger charge is 2.02. The van der Waals surface area contributed by atoms with Gasteiger partial charge in [0.25, 0.3) is 0 Å². The van der Waals surface area contributed by atoms with Gasteiger partial charge < -0.3 is 10.4 Å². The van der Waals surface area contributed by atoms with Gasteiger partial charge in [-0.15, -0.1) is 0 Å². The van der Waals surface area contributed by atoms with Crippen molar-refractivity contribution in [2.24, 2.45) is 0 Å². The van der Waals surface area contributed by atoms with Gasteiger partial charge in [-0.1, -0.05) is 44.7 Å². The van der Waals surface area contributed by atoms with Crippen molar-refractivity contribution in [1.82, 2.24) is 0 Å². The number of nitrogens with one attached hydrogen (secondary N) is 1. The predicted octanol–water partition coefficient (Wildman–Crippen LogP) is 3.95. The van der Waals surface area contributed by atoms with Crippen molar-refractivity contribution in [2.75, 3.05) is 5.32 Å². The minimum Gasteiger partial charge on any atom is -0.392 e. The zero-order valence-corrected chi connectivity index (χ0v) is 11.1. The number of rotatable bonds is 8. The van der Waals surface area contributed by atoms with E-state index < -0.39 is 0 Å². The molecule has 17 heavy (non-hydrogen) atoms. The second-order valence-electron chi connectivity index (χ2n) is 4.75. The fourth-order valence-electron chi connectivity index (χ4n) is 1.99. The molecule has 0 bridgehead atoms. The monoisotopic (exact) mass is 235 g/mol. The Bertz CT molecular complexity index is 312. The maximum Gasteiger partial charge on any atom is 0.0682 e. The summed E-state index contributed by atoms with van der Waals surface area (Å²) in [6.45, 7) is 4.57. The molecule has 2 N–H and O–H groups in total. The van der Waals surface area contributed by atoms with E-state index in [1.165, 1.54) is 32.1 Å². The lowest BCUT2D eigenvalue weighted by molar-refractivity contribution is 0.282. The number of aliphatic hydroxyl groups excluding tert-OH is 1. The lowest BCUT2D eigenvalue weighted by Crippen LogP contribution is -2.14. The molecular formula is C15H25NO. The van der Waals surface area contributed by atoms with Crippen molar-refractivity contribution in [1.29, 1.82) is 0 Å². The third-order valence-corrected chi connectivity index (χ3v) is 3.01. The van der Waals surface area contributed by atoms with Crippen molar-refractivity contribution in [3.63, 3.8) is 0 Å². The Balaban J connectivity index is 2.31. The van der Waals surface area contributed by atoms with Crippen LogP contribution in [0.5, 0.6) is 0 Å². The van der Waals surface area contributed by atoms with Crippen molar-refractivity contribution in [3.05, 3.63) is 29.8 Å². The molecule has 0 radical (unpaired) electrons. The minimum absolute atomic E-state index is 0.112. The molecule has 0 heterocycles. The van der Waals surface area contributed by atoms with Gasteiger partial charge in [0.05, 0.1) is 6.61 Å². The normalized spacial score (nSPS) is 12.4. The van der Waals surface area contributed by atoms with E-state index in [1.54, 1.807) is 0 Å². The van der Waals surface area contributed by atoms with E-state index >= 15 is 0 Å². The van der Waals surface area contributed by atoms with Crippen LogP contribution in [0.15, 0.2) is 24.3 Å². The van der Waals surface area contributed by atoms with Gasteiger partial charge in [-0.05, 0) is 31.0 Å². The van der Waals surface area contributed by atoms with E-state index in [0.717, 1.165) is 11.3 Å². The SMILES string of the molecule is CCCCCCC(C)Nc1cccc(CO)c1. The first kappa shape index (κ1) is 14.0. The Morgan fingerprint density at radius 3 is 2.76 bits per heavy atom. The number of hydrogen-bond acceptors (Lipinski definition) is 2. The van der Waals surface area contributed by atoms with Crippen LogP contribution < -0.4 is 5.32 Å². The maximum absolute atomic E-state index is 9.07. The lowest BCUT2D eigenvalue weighted by atomic mass is 10.1. The van der Waals surface area contributed by atoms with E-state index in [9.17, 15) is 0 Å². The highest BCUT2D eigenvalue weighted by atomic mass is 16.3. The summed E-state index contributed by atoms with van der Waals surface area (Å²) in [6.07, 6.45) is 6.47. The number of aliphatic hydroxyl groups is 1. The van der Waals surface area contributed by atoms with Gasteiger partial charge in [0.2, 0.25) is 0 Å². The van der Waals surface area contributed by atoms with Crippen LogP contribution >= 0.6 is 0 Å². The molecule has 0 aliphatic rings. The summed E-state index contributed by atoms with van der Waals surface area (Å²) < 4.78 is 0. The molecule has 1 unspecified atom stereocenters. The van der Waals surface area contributed by atoms with Crippen LogP contribution in [0.3, 0.4) is 0 Å². The fourth-order valence-corrected chi connectivity index (χ4v) is 1.99. The van der Waals surface area contributed by atoms with Gasteiger partial charge in [-0.2, -0.15) is 0 Å². The van der Waals surface area contributed by atoms with E-state index in [0.29, 0.717) is 6.04 Å². The standard InChI is InChI=1S/C15H25NO/c1-3-4-5-6-8-13(2)16-15-10-7-9-14(11-15)12-17/h7,9-11,13,16-17H,3-6,8,12H2,1-2H3. The van der Waals surface area contributed by atoms with Gasteiger partial charge in [0, 0.05) is 11.7 Å². The summed E-state index contributed by atoms with van der Waals surface area (Å²) in [6, 6.07) is 8.50. The summed E-state index contributed by atoms with van der Waals surface area (Å²) in [7, 11) is 0. The van der Waals surface area contributed by atoms with E-state index in [2.05, 4.69) is 25.2 Å². The van der Waals surface area contributed by atoms with Crippen LogP contribution in [-0.2, 0) is 6.61 Å². The molecule has 0 spiro atoms. The quantitative estimate of drug-likeness (QED) is 0.669. The van der Waals surface area contributed by atoms with Gasteiger partial charge in [0.1, 0.15) is 0 Å². The molecule has 0 aliphatic heterocycles. The molecule has 2 heteroatoms. The van der Waals surface area contributed by atoms with E-state index in [4.69, 9.17) is 5.11 Å². The van der Waals surface area contributed by atoms with Crippen molar-refractivity contribution in [2.45, 2.75) is 58.6 Å². The van der Waals surface area contributed by atoms with Gasteiger partial charge in [-0.3, -0.25) is 0 Å². The third kappa shape index (κ3) is 5.73. The molecule has 1 aromatic rings. The average molecular weight is 235 g/mol. The third-order valence-electron chi connectivity index (χ3n) is 3.01. The lowest BCUT2D eigenvalue weighted by Gasteiger charge is -2.15. The average Bonchev–Trinajstić information content (AvgIpc) is 2.35. The first-order valence-corrected chi connectivity index (χ1v) is 6.72. The van der Waals surface area contributed by atoms with Gasteiger partial charge in [-0.25, -0.2) is 0 Å². The number of hydrogen-bond donors (Lipinski definition) is 2. The van der Waals surface area contributed by atoms with Crippen LogP contribution in [0.4, 0.5) is 5.69 Å². The van der Waals surface area contributed by atoms with Crippen LogP contribution in [0.2, 0.25) is 0 Å². The summed E-state index contributed by atoms with van der Waals surface area (Å²) in [4.78, 5) is 0. The Hall–Kier alpha value is -1.02. The second-order valence-corrected chi connectivity index (χ2v) is 4.75. The Morgan fingerprint density at radius 2 is 2.06 bits per heavy atom. The Kier molecular flexibility index (Phi) is 6.71. The smallest absolute Gasteiger partial charge is 0.0682 e. The molecule has 0 aliphatic carbocycles. The summed E-state index contributed by atoms with van der Waals surface area (Å²) in [5.74, 6) is 0. The molecular weight excluding hydrogens is 210 g/mol. The van der Waals surface area contributed by atoms with Crippen molar-refractivity contribution < 1.29 is 5.11 Å². The number of benzene rings is 1. The fraction of sp³-hybridized carbons (Fsp3) is 0.600. The highest BCUT2D eigenvalue weighted by molar-refractivity contribution is 5.46. The van der Waals surface area contributed by atoms with E-state index in [1.807, 2.05) is 18.2 Å². The number of unbranched alkanes of at least 4 members (excludes halogenated alkanes) is 3. The summed E-state index contributed by atoms with van der Waals surface area (Å²) in [5, 5.41) is 12.6. The number of anilines is 1. The van der Waals surface area contributed by atoms with E-state index in [-0.39, 0.29) is 6.61 Å². The molecule has 1 aromatic carbocycles. The molecule has 0 amide bonds. The molecule has 1 rings (SSSR count). The Labute approximate surface area is 105 Å².